The number of carboxylic acid groups (broad SMARTS) is 1. The first-order valence-corrected chi connectivity index (χ1v) is 10.6. The van der Waals surface area contributed by atoms with Crippen molar-refractivity contribution in [3.05, 3.63) is 73.1 Å². The molecule has 0 amide bonds. The van der Waals surface area contributed by atoms with Gasteiger partial charge in [0.25, 0.3) is 0 Å². The average molecular weight is 418 g/mol. The van der Waals surface area contributed by atoms with Crippen LogP contribution < -0.4 is 14.5 Å². The van der Waals surface area contributed by atoms with Gasteiger partial charge in [0.2, 0.25) is 0 Å². The van der Waals surface area contributed by atoms with E-state index in [4.69, 9.17) is 9.84 Å². The molecule has 0 spiro atoms. The maximum absolute atomic E-state index is 10.7. The summed E-state index contributed by atoms with van der Waals surface area (Å²) in [6, 6.07) is 20.6. The summed E-state index contributed by atoms with van der Waals surface area (Å²) in [5.41, 5.74) is 4.68. The molecule has 0 bridgehead atoms. The Bertz CT molecular complexity index is 987. The zero-order chi connectivity index (χ0) is 21.5. The van der Waals surface area contributed by atoms with Gasteiger partial charge in [-0.05, 0) is 42.3 Å². The van der Waals surface area contributed by atoms with Crippen LogP contribution in [0.25, 0.3) is 11.1 Å². The van der Waals surface area contributed by atoms with Crippen molar-refractivity contribution in [1.29, 1.82) is 0 Å². The Labute approximate surface area is 182 Å². The number of ether oxygens (including phenoxy) is 1. The Balaban J connectivity index is 1.51. The molecule has 31 heavy (non-hydrogen) atoms. The Morgan fingerprint density at radius 1 is 0.935 bits per heavy atom. The number of carboxylic acids is 1. The molecule has 160 valence electrons. The molecule has 0 saturated carbocycles. The SMILES string of the molecule is O=C(O)CCCOc1ccc(N2CCN(c3ccncc3)CC2)c(-c2ccccc2)c1. The van der Waals surface area contributed by atoms with E-state index in [9.17, 15) is 4.79 Å². The van der Waals surface area contributed by atoms with Crippen molar-refractivity contribution in [3.8, 4) is 16.9 Å². The molecule has 0 unspecified atom stereocenters. The topological polar surface area (TPSA) is 65.9 Å². The van der Waals surface area contributed by atoms with Crippen molar-refractivity contribution in [3.63, 3.8) is 0 Å². The number of aliphatic carboxylic acids is 1. The molecular formula is C25H27N3O3. The number of rotatable bonds is 8. The minimum Gasteiger partial charge on any atom is -0.494 e. The van der Waals surface area contributed by atoms with Crippen molar-refractivity contribution in [2.75, 3.05) is 42.6 Å². The maximum atomic E-state index is 10.7. The van der Waals surface area contributed by atoms with E-state index in [1.54, 1.807) is 0 Å². The number of benzene rings is 2. The van der Waals surface area contributed by atoms with Gasteiger partial charge in [0.1, 0.15) is 5.75 Å². The first kappa shape index (κ1) is 20.7. The fourth-order valence-electron chi connectivity index (χ4n) is 3.90. The average Bonchev–Trinajstić information content (AvgIpc) is 2.83. The Kier molecular flexibility index (Phi) is 6.67. The monoisotopic (exact) mass is 417 g/mol. The fourth-order valence-corrected chi connectivity index (χ4v) is 3.90. The highest BCUT2D eigenvalue weighted by molar-refractivity contribution is 5.80. The second-order valence-electron chi connectivity index (χ2n) is 7.57. The summed E-state index contributed by atoms with van der Waals surface area (Å²) in [7, 11) is 0. The molecule has 2 heterocycles. The van der Waals surface area contributed by atoms with Gasteiger partial charge in [-0.1, -0.05) is 30.3 Å². The number of aromatic nitrogens is 1. The Morgan fingerprint density at radius 2 is 1.65 bits per heavy atom. The largest absolute Gasteiger partial charge is 0.494 e. The van der Waals surface area contributed by atoms with E-state index < -0.39 is 5.97 Å². The first-order valence-electron chi connectivity index (χ1n) is 10.6. The number of piperazine rings is 1. The number of pyridine rings is 1. The highest BCUT2D eigenvalue weighted by atomic mass is 16.5. The van der Waals surface area contributed by atoms with Gasteiger partial charge in [-0.15, -0.1) is 0 Å². The minimum absolute atomic E-state index is 0.116. The number of hydrogen-bond donors (Lipinski definition) is 1. The summed E-state index contributed by atoms with van der Waals surface area (Å²) in [5, 5.41) is 8.81. The van der Waals surface area contributed by atoms with Crippen molar-refractivity contribution in [1.82, 2.24) is 4.98 Å². The molecule has 1 aliphatic heterocycles. The molecule has 1 N–H and O–H groups in total. The van der Waals surface area contributed by atoms with Gasteiger partial charge in [-0.2, -0.15) is 0 Å². The molecular weight excluding hydrogens is 390 g/mol. The van der Waals surface area contributed by atoms with Gasteiger partial charge in [0.15, 0.2) is 0 Å². The lowest BCUT2D eigenvalue weighted by Crippen LogP contribution is -2.46. The van der Waals surface area contributed by atoms with Crippen LogP contribution in [0.1, 0.15) is 12.8 Å². The summed E-state index contributed by atoms with van der Waals surface area (Å²) in [6.07, 6.45) is 4.29. The number of anilines is 2. The summed E-state index contributed by atoms with van der Waals surface area (Å²) >= 11 is 0. The predicted molar refractivity (Wildman–Crippen MR) is 123 cm³/mol. The van der Waals surface area contributed by atoms with Crippen molar-refractivity contribution in [2.45, 2.75) is 12.8 Å². The predicted octanol–water partition coefficient (Wildman–Crippen LogP) is 4.32. The van der Waals surface area contributed by atoms with E-state index in [1.807, 2.05) is 36.7 Å². The summed E-state index contributed by atoms with van der Waals surface area (Å²) in [5.74, 6) is -0.0294. The Hall–Kier alpha value is -3.54. The van der Waals surface area contributed by atoms with E-state index in [1.165, 1.54) is 11.4 Å². The number of carbonyl (C=O) groups is 1. The third-order valence-corrected chi connectivity index (χ3v) is 5.50. The van der Waals surface area contributed by atoms with Gasteiger partial charge < -0.3 is 19.6 Å². The lowest BCUT2D eigenvalue weighted by molar-refractivity contribution is -0.137. The number of nitrogens with zero attached hydrogens (tertiary/aromatic N) is 3. The molecule has 4 rings (SSSR count). The molecule has 1 aromatic heterocycles. The van der Waals surface area contributed by atoms with Crippen LogP contribution in [-0.2, 0) is 4.79 Å². The third-order valence-electron chi connectivity index (χ3n) is 5.50. The molecule has 0 aliphatic carbocycles. The lowest BCUT2D eigenvalue weighted by atomic mass is 10.0. The van der Waals surface area contributed by atoms with Crippen LogP contribution in [0.4, 0.5) is 11.4 Å². The van der Waals surface area contributed by atoms with E-state index >= 15 is 0 Å². The van der Waals surface area contributed by atoms with Crippen LogP contribution in [0.5, 0.6) is 5.75 Å². The van der Waals surface area contributed by atoms with Crippen LogP contribution in [-0.4, -0.2) is 48.8 Å². The zero-order valence-electron chi connectivity index (χ0n) is 17.5. The normalized spacial score (nSPS) is 13.8. The lowest BCUT2D eigenvalue weighted by Gasteiger charge is -2.38. The van der Waals surface area contributed by atoms with Gasteiger partial charge in [-0.3, -0.25) is 9.78 Å². The standard InChI is InChI=1S/C25H27N3O3/c29-25(30)7-4-18-31-22-8-9-24(23(19-22)20-5-2-1-3-6-20)28-16-14-27(15-17-28)21-10-12-26-13-11-21/h1-3,5-6,8-13,19H,4,7,14-18H2,(H,29,30). The molecule has 3 aromatic rings. The highest BCUT2D eigenvalue weighted by Crippen LogP contribution is 2.35. The van der Waals surface area contributed by atoms with Crippen LogP contribution in [0.3, 0.4) is 0 Å². The van der Waals surface area contributed by atoms with E-state index in [0.29, 0.717) is 13.0 Å². The van der Waals surface area contributed by atoms with Crippen molar-refractivity contribution >= 4 is 17.3 Å². The fraction of sp³-hybridized carbons (Fsp3) is 0.280. The molecule has 0 radical (unpaired) electrons. The van der Waals surface area contributed by atoms with Crippen molar-refractivity contribution in [2.24, 2.45) is 0 Å². The summed E-state index contributed by atoms with van der Waals surface area (Å²) in [6.45, 7) is 4.16. The van der Waals surface area contributed by atoms with Crippen LogP contribution in [0, 0.1) is 0 Å². The number of hydrogen-bond acceptors (Lipinski definition) is 5. The van der Waals surface area contributed by atoms with Gasteiger partial charge in [0, 0.05) is 61.9 Å². The quantitative estimate of drug-likeness (QED) is 0.551. The molecule has 2 aromatic carbocycles. The molecule has 6 heteroatoms. The van der Waals surface area contributed by atoms with Crippen molar-refractivity contribution < 1.29 is 14.6 Å². The van der Waals surface area contributed by atoms with Gasteiger partial charge in [-0.25, -0.2) is 0 Å². The third kappa shape index (κ3) is 5.34. The van der Waals surface area contributed by atoms with Gasteiger partial charge >= 0.3 is 5.97 Å². The second kappa shape index (κ2) is 9.98. The highest BCUT2D eigenvalue weighted by Gasteiger charge is 2.20. The second-order valence-corrected chi connectivity index (χ2v) is 7.57. The van der Waals surface area contributed by atoms with E-state index in [-0.39, 0.29) is 6.42 Å². The van der Waals surface area contributed by atoms with Crippen LogP contribution >= 0.6 is 0 Å². The molecule has 0 atom stereocenters. The van der Waals surface area contributed by atoms with E-state index in [0.717, 1.165) is 43.1 Å². The molecule has 1 fully saturated rings. The molecule has 1 saturated heterocycles. The molecule has 6 nitrogen and oxygen atoms in total. The van der Waals surface area contributed by atoms with E-state index in [2.05, 4.69) is 51.2 Å². The smallest absolute Gasteiger partial charge is 0.303 e. The summed E-state index contributed by atoms with van der Waals surface area (Å²) in [4.78, 5) is 19.6. The summed E-state index contributed by atoms with van der Waals surface area (Å²) < 4.78 is 5.84. The van der Waals surface area contributed by atoms with Gasteiger partial charge in [0.05, 0.1) is 6.61 Å². The van der Waals surface area contributed by atoms with Crippen LogP contribution in [0.15, 0.2) is 73.1 Å². The minimum atomic E-state index is -0.796. The zero-order valence-corrected chi connectivity index (χ0v) is 17.5. The Morgan fingerprint density at radius 3 is 2.35 bits per heavy atom. The first-order chi connectivity index (χ1) is 15.2. The maximum Gasteiger partial charge on any atom is 0.303 e. The molecule has 1 aliphatic rings. The van der Waals surface area contributed by atoms with Crippen LogP contribution in [0.2, 0.25) is 0 Å².